The van der Waals surface area contributed by atoms with Crippen LogP contribution in [-0.4, -0.2) is 242 Å². The molecule has 0 saturated carbocycles. The summed E-state index contributed by atoms with van der Waals surface area (Å²) in [6, 6.07) is 35.6. The number of ketones is 2. The maximum absolute atomic E-state index is 11.7. The van der Waals surface area contributed by atoms with E-state index in [1.165, 1.54) is 112 Å². The van der Waals surface area contributed by atoms with Crippen LogP contribution >= 0.6 is 23.2 Å². The number of hydrogen-bond acceptors (Lipinski definition) is 36. The summed E-state index contributed by atoms with van der Waals surface area (Å²) in [6.45, 7) is 10.7. The number of allylic oxidation sites excluding steroid dienone is 1. The quantitative estimate of drug-likeness (QED) is 0.00463. The topological polar surface area (TPSA) is 516 Å². The van der Waals surface area contributed by atoms with E-state index in [9.17, 15) is 62.3 Å². The number of rotatable bonds is 36. The molecule has 0 atom stereocenters. The van der Waals surface area contributed by atoms with Crippen molar-refractivity contribution in [1.82, 2.24) is 0 Å². The number of hydrogen-bond donors (Lipinski definition) is 5. The summed E-state index contributed by atoms with van der Waals surface area (Å²) >= 11 is 9.35. The molecule has 0 bridgehead atoms. The van der Waals surface area contributed by atoms with E-state index >= 15 is 0 Å². The summed E-state index contributed by atoms with van der Waals surface area (Å²) < 4.78 is 102. The average molecular weight is 2040 g/mol. The van der Waals surface area contributed by atoms with Gasteiger partial charge < -0.3 is 110 Å². The standard InChI is InChI=1S/C16H20O5.C14H16O6.C12H14O4.2C11H12O4.C9H10O3.C8H8O3.C7H12O3.C3H5ClO2.C2H3ClO.7CH4.B2H2O3/c1-4-21-16(18)10-8-13(17)7-5-12-6-9-14(19-2)15(11-12)20-3;1-4-19-14(16)20-13(15)8-6-10-5-7-11(17-2)12(9-10)18-3;1-14-10-6-4-9(8-11(10)15-2)5-7-12(13)16-3;2*1-14-9-5-3-8(4-6-11(12)13)7-10(9)15-2;1-11-8-4-3-7(6-10)5-9(8)12-2;1-11-8-4-6(5-9)2-3-7(8)10;1-3-10-7(9)5-4-6(2)8;1-2-6-3(4)5;1-2(3)4;;;;;;;;3-1-2(4)5/h5-7,9,11H,4,8,10H2,1-3H3;5-9H,4H2,1-3H3;4-8H,1-3H3;2*3-7H,1-2H3,(H,12,13);3-6H,1-2H3;2-5,10H,1H3;3-5H2,1-2H3;2H2,1H3;1H3;7*1H4;4-5H/b7-5+;8-6+;7-5+;2*6-4+;;;;;;;;;;;;;. The average Bonchev–Trinajstić information content (AvgIpc) is 0.870. The van der Waals surface area contributed by atoms with Gasteiger partial charge in [-0.3, -0.25) is 28.8 Å². The number of Topliss-reactive ketones (excluding diaryl/α,β-unsaturated/α-hetero) is 1. The van der Waals surface area contributed by atoms with Gasteiger partial charge >= 0.3 is 76.2 Å². The molecule has 38 nitrogen and oxygen atoms in total. The third kappa shape index (κ3) is 74.1. The van der Waals surface area contributed by atoms with E-state index in [4.69, 9.17) is 108 Å². The minimum atomic E-state index is -1.80. The van der Waals surface area contributed by atoms with Crippen LogP contribution in [0.3, 0.4) is 0 Å². The number of halogens is 2. The Balaban J connectivity index is -0.000000150. The van der Waals surface area contributed by atoms with Gasteiger partial charge in [0.25, 0.3) is 0 Å². The molecular formula is C100H142B2Cl2O38. The summed E-state index contributed by atoms with van der Waals surface area (Å²) in [7, 11) is 19.5. The van der Waals surface area contributed by atoms with E-state index in [1.54, 1.807) is 187 Å². The van der Waals surface area contributed by atoms with Crippen LogP contribution in [0.15, 0.2) is 158 Å². The molecular weight excluding hydrogens is 1900 g/mol. The Morgan fingerprint density at radius 3 is 0.803 bits per heavy atom. The molecule has 0 radical (unpaired) electrons. The van der Waals surface area contributed by atoms with Crippen molar-refractivity contribution in [3.05, 3.63) is 197 Å². The maximum atomic E-state index is 11.7. The Hall–Kier alpha value is -15.0. The summed E-state index contributed by atoms with van der Waals surface area (Å²) in [6.07, 6.45) is 15.0. The molecule has 0 unspecified atom stereocenters. The van der Waals surface area contributed by atoms with E-state index in [-0.39, 0.29) is 119 Å². The molecule has 790 valence electrons. The van der Waals surface area contributed by atoms with E-state index in [1.807, 2.05) is 12.1 Å². The molecule has 7 aromatic rings. The number of ether oxygens (including phenoxy) is 19. The van der Waals surface area contributed by atoms with Crippen LogP contribution in [0.1, 0.15) is 168 Å². The van der Waals surface area contributed by atoms with Gasteiger partial charge in [-0.2, -0.15) is 0 Å². The second-order valence-corrected chi connectivity index (χ2v) is 25.1. The monoisotopic (exact) mass is 2040 g/mol. The van der Waals surface area contributed by atoms with Gasteiger partial charge in [0.2, 0.25) is 5.24 Å². The number of benzene rings is 7. The van der Waals surface area contributed by atoms with Gasteiger partial charge in [-0.25, -0.2) is 28.8 Å². The fraction of sp³-hybridized carbons (Fsp3) is 0.350. The SMILES string of the molecule is C.C.C.C.C.C.C.CC(=O)Cl.CCOC(=O)CCC(=O)/C=C/c1ccc(OC)c(OC)c1.CCOC(=O)CCC(C)=O.CCOC(=O)Cl.CCOC(=O)OC(=O)/C=C/c1ccc(OC)c(OC)c1.COC(=O)/C=C/c1ccc(OC)c(OC)c1.COc1cc(C=O)ccc1O.COc1ccc(/C=C/C(=O)O)cc1OC.COc1ccc(/C=C/C(=O)O)cc1OC.COc1ccc(C=O)cc1OC.O=BB(O)O. The third-order valence-corrected chi connectivity index (χ3v) is 15.0. The first-order valence-corrected chi connectivity index (χ1v) is 40.1. The Morgan fingerprint density at radius 2 is 0.570 bits per heavy atom. The zero-order valence-corrected chi connectivity index (χ0v) is 79.8. The van der Waals surface area contributed by atoms with Crippen LogP contribution in [0, 0.1) is 0 Å². The summed E-state index contributed by atoms with van der Waals surface area (Å²) in [5.74, 6) is 3.63. The Labute approximate surface area is 844 Å². The second-order valence-electron chi connectivity index (χ2n) is 24.3. The Kier molecular flexibility index (Phi) is 98.8. The summed E-state index contributed by atoms with van der Waals surface area (Å²) in [5.41, 5.74) is 4.17. The Morgan fingerprint density at radius 1 is 0.331 bits per heavy atom. The van der Waals surface area contributed by atoms with Gasteiger partial charge in [0.1, 0.15) is 18.4 Å². The minimum absolute atomic E-state index is 0. The van der Waals surface area contributed by atoms with E-state index < -0.39 is 42.5 Å². The molecule has 0 aliphatic carbocycles. The number of aliphatic carboxylic acids is 2. The molecule has 7 rings (SSSR count). The molecule has 7 aromatic carbocycles. The molecule has 0 spiro atoms. The number of esters is 4. The van der Waals surface area contributed by atoms with Crippen molar-refractivity contribution in [2.75, 3.05) is 126 Å². The van der Waals surface area contributed by atoms with Crippen molar-refractivity contribution in [2.24, 2.45) is 0 Å². The molecule has 0 aromatic heterocycles. The number of methoxy groups -OCH3 is 14. The third-order valence-electron chi connectivity index (χ3n) is 14.9. The number of carboxylic acid groups (broad SMARTS) is 2. The number of carboxylic acids is 2. The number of phenols is 1. The van der Waals surface area contributed by atoms with Crippen LogP contribution in [-0.2, 0) is 76.3 Å². The molecule has 0 heterocycles. The van der Waals surface area contributed by atoms with Crippen molar-refractivity contribution in [1.29, 1.82) is 0 Å². The van der Waals surface area contributed by atoms with Crippen molar-refractivity contribution in [3.8, 4) is 80.5 Å². The molecule has 42 heteroatoms. The zero-order valence-electron chi connectivity index (χ0n) is 78.3. The van der Waals surface area contributed by atoms with Gasteiger partial charge in [0.15, 0.2) is 86.3 Å². The first-order chi connectivity index (χ1) is 64.3. The number of carbonyl (C=O) groups is 13. The van der Waals surface area contributed by atoms with E-state index in [0.29, 0.717) is 124 Å². The molecule has 142 heavy (non-hydrogen) atoms. The predicted octanol–water partition coefficient (Wildman–Crippen LogP) is 18.8. The van der Waals surface area contributed by atoms with Gasteiger partial charge in [-0.1, -0.05) is 88.4 Å². The van der Waals surface area contributed by atoms with Gasteiger partial charge in [-0.05, 0) is 201 Å². The van der Waals surface area contributed by atoms with Crippen molar-refractivity contribution < 1.29 is 182 Å². The van der Waals surface area contributed by atoms with Crippen LogP contribution in [0.5, 0.6) is 80.5 Å². The van der Waals surface area contributed by atoms with E-state index in [2.05, 4.69) is 35.3 Å². The first kappa shape index (κ1) is 150. The van der Waals surface area contributed by atoms with Crippen molar-refractivity contribution >= 4 is 144 Å². The summed E-state index contributed by atoms with van der Waals surface area (Å²) in [5, 5.41) is 40.7. The molecule has 0 aliphatic heterocycles. The molecule has 0 amide bonds. The number of phenolic OH excluding ortho intramolecular Hbond substituents is 1. The molecule has 5 N–H and O–H groups in total. The van der Waals surface area contributed by atoms with Gasteiger partial charge in [-0.15, -0.1) is 0 Å². The zero-order chi connectivity index (χ0) is 103. The fourth-order valence-electron chi connectivity index (χ4n) is 8.83. The first-order valence-electron chi connectivity index (χ1n) is 39.3. The van der Waals surface area contributed by atoms with Crippen LogP contribution in [0.2, 0.25) is 0 Å². The number of aromatic hydroxyl groups is 1. The molecule has 0 fully saturated rings. The van der Waals surface area contributed by atoms with Crippen LogP contribution < -0.4 is 61.6 Å². The Bertz CT molecular complexity index is 4870. The van der Waals surface area contributed by atoms with Gasteiger partial charge in [0, 0.05) is 66.8 Å². The van der Waals surface area contributed by atoms with Gasteiger partial charge in [0.05, 0.1) is 139 Å². The van der Waals surface area contributed by atoms with Crippen LogP contribution in [0.25, 0.3) is 30.4 Å². The van der Waals surface area contributed by atoms with Crippen molar-refractivity contribution in [3.63, 3.8) is 0 Å². The number of carbonyl (C=O) groups excluding carboxylic acids is 11. The second kappa shape index (κ2) is 93.6. The van der Waals surface area contributed by atoms with Crippen molar-refractivity contribution in [2.45, 2.75) is 119 Å². The molecule has 0 saturated heterocycles. The van der Waals surface area contributed by atoms with Crippen LogP contribution in [0.4, 0.5) is 9.59 Å². The van der Waals surface area contributed by atoms with E-state index in [0.717, 1.165) is 46.8 Å². The number of aldehydes is 2. The molecule has 0 aliphatic rings. The predicted molar refractivity (Wildman–Crippen MR) is 549 cm³/mol. The summed E-state index contributed by atoms with van der Waals surface area (Å²) in [4.78, 5) is 137. The normalized spacial score (nSPS) is 9.13. The fourth-order valence-corrected chi connectivity index (χ4v) is 8.94.